The van der Waals surface area contributed by atoms with Crippen molar-refractivity contribution in [3.05, 3.63) is 40.7 Å². The third-order valence-corrected chi connectivity index (χ3v) is 2.20. The van der Waals surface area contributed by atoms with Crippen molar-refractivity contribution >= 4 is 5.69 Å². The van der Waals surface area contributed by atoms with Crippen LogP contribution in [0.1, 0.15) is 38.8 Å². The quantitative estimate of drug-likeness (QED) is 0.530. The Labute approximate surface area is 104 Å². The summed E-state index contributed by atoms with van der Waals surface area (Å²) in [5.74, 6) is 5.25. The fraction of sp³-hybridized carbons (Fsp3) is 0.333. The third kappa shape index (κ3) is 4.32. The lowest BCUT2D eigenvalue weighted by Gasteiger charge is -2.02. The number of halogens is 1. The van der Waals surface area contributed by atoms with Gasteiger partial charge in [0, 0.05) is 0 Å². The van der Waals surface area contributed by atoms with Crippen LogP contribution >= 0.6 is 0 Å². The van der Waals surface area contributed by atoms with E-state index in [1.807, 2.05) is 40.7 Å². The predicted octanol–water partition coefficient (Wildman–Crippen LogP) is 4.06. The van der Waals surface area contributed by atoms with Crippen LogP contribution in [0, 0.1) is 24.6 Å². The molecule has 92 valence electrons. The maximum atomic E-state index is 13.6. The molecule has 2 heteroatoms. The summed E-state index contributed by atoms with van der Waals surface area (Å²) < 4.78 is 13.6. The number of nitrogens with two attached hydrogens (primary N) is 1. The van der Waals surface area contributed by atoms with Crippen molar-refractivity contribution in [3.8, 4) is 11.8 Å². The molecule has 1 aromatic rings. The van der Waals surface area contributed by atoms with Gasteiger partial charge in [0.1, 0.15) is 0 Å². The van der Waals surface area contributed by atoms with Gasteiger partial charge in [-0.25, -0.2) is 4.39 Å². The van der Waals surface area contributed by atoms with Crippen molar-refractivity contribution < 1.29 is 4.39 Å². The van der Waals surface area contributed by atoms with Crippen LogP contribution in [0.25, 0.3) is 0 Å². The van der Waals surface area contributed by atoms with Gasteiger partial charge in [-0.2, -0.15) is 0 Å². The van der Waals surface area contributed by atoms with Crippen LogP contribution in [0.3, 0.4) is 0 Å². The van der Waals surface area contributed by atoms with E-state index in [1.165, 1.54) is 0 Å². The van der Waals surface area contributed by atoms with Gasteiger partial charge >= 0.3 is 0 Å². The summed E-state index contributed by atoms with van der Waals surface area (Å²) in [7, 11) is 0. The Hall–Kier alpha value is -1.75. The Morgan fingerprint density at radius 1 is 1.35 bits per heavy atom. The molecule has 0 heterocycles. The van der Waals surface area contributed by atoms with E-state index in [4.69, 9.17) is 5.73 Å². The van der Waals surface area contributed by atoms with Crippen molar-refractivity contribution in [1.82, 2.24) is 0 Å². The zero-order valence-corrected chi connectivity index (χ0v) is 11.2. The van der Waals surface area contributed by atoms with Gasteiger partial charge in [-0.05, 0) is 38.0 Å². The fourth-order valence-electron chi connectivity index (χ4n) is 1.08. The molecular formula is C15H20FN. The number of benzene rings is 1. The molecule has 0 radical (unpaired) electrons. The van der Waals surface area contributed by atoms with E-state index in [2.05, 4.69) is 11.8 Å². The molecule has 1 rings (SSSR count). The first-order chi connectivity index (χ1) is 8.06. The summed E-state index contributed by atoms with van der Waals surface area (Å²) in [5, 5.41) is 0. The SMILES string of the molecule is C/C=C(\C)C#Cc1c(C)ccc(N)c1F.CC. The Bertz CT molecular complexity index is 462. The number of hydrogen-bond acceptors (Lipinski definition) is 1. The molecule has 0 atom stereocenters. The number of rotatable bonds is 0. The Balaban J connectivity index is 0.00000121. The predicted molar refractivity (Wildman–Crippen MR) is 73.2 cm³/mol. The molecule has 0 fully saturated rings. The molecule has 1 aromatic carbocycles. The van der Waals surface area contributed by atoms with E-state index in [1.54, 1.807) is 12.1 Å². The molecule has 17 heavy (non-hydrogen) atoms. The van der Waals surface area contributed by atoms with Crippen molar-refractivity contribution in [2.24, 2.45) is 0 Å². The molecular weight excluding hydrogens is 213 g/mol. The highest BCUT2D eigenvalue weighted by Crippen LogP contribution is 2.17. The zero-order valence-electron chi connectivity index (χ0n) is 11.2. The minimum Gasteiger partial charge on any atom is -0.396 e. The average Bonchev–Trinajstić information content (AvgIpc) is 2.36. The van der Waals surface area contributed by atoms with E-state index in [0.717, 1.165) is 11.1 Å². The van der Waals surface area contributed by atoms with Crippen LogP contribution < -0.4 is 5.73 Å². The van der Waals surface area contributed by atoms with Crippen LogP contribution in [0.15, 0.2) is 23.8 Å². The lowest BCUT2D eigenvalue weighted by atomic mass is 10.1. The minimum absolute atomic E-state index is 0.142. The van der Waals surface area contributed by atoms with Gasteiger partial charge in [-0.3, -0.25) is 0 Å². The van der Waals surface area contributed by atoms with Crippen LogP contribution in [-0.4, -0.2) is 0 Å². The first kappa shape index (κ1) is 15.2. The van der Waals surface area contributed by atoms with Crippen LogP contribution in [0.4, 0.5) is 10.1 Å². The molecule has 0 spiro atoms. The monoisotopic (exact) mass is 233 g/mol. The molecule has 1 nitrogen and oxygen atoms in total. The number of anilines is 1. The molecule has 0 saturated heterocycles. The van der Waals surface area contributed by atoms with Gasteiger partial charge in [0.15, 0.2) is 5.82 Å². The van der Waals surface area contributed by atoms with Gasteiger partial charge in [0.25, 0.3) is 0 Å². The molecule has 0 aliphatic rings. The van der Waals surface area contributed by atoms with E-state index in [-0.39, 0.29) is 5.69 Å². The van der Waals surface area contributed by atoms with E-state index >= 15 is 0 Å². The number of aryl methyl sites for hydroxylation is 1. The molecule has 0 amide bonds. The molecule has 0 saturated carbocycles. The maximum Gasteiger partial charge on any atom is 0.161 e. The maximum absolute atomic E-state index is 13.6. The van der Waals surface area contributed by atoms with Crippen molar-refractivity contribution in [1.29, 1.82) is 0 Å². The highest BCUT2D eigenvalue weighted by molar-refractivity contribution is 5.54. The number of hydrogen-bond donors (Lipinski definition) is 1. The second-order valence-electron chi connectivity index (χ2n) is 3.38. The normalized spacial score (nSPS) is 9.88. The van der Waals surface area contributed by atoms with Gasteiger partial charge in [0.05, 0.1) is 11.3 Å². The van der Waals surface area contributed by atoms with E-state index in [9.17, 15) is 4.39 Å². The smallest absolute Gasteiger partial charge is 0.161 e. The Morgan fingerprint density at radius 2 is 1.94 bits per heavy atom. The van der Waals surface area contributed by atoms with Crippen molar-refractivity contribution in [2.75, 3.05) is 5.73 Å². The summed E-state index contributed by atoms with van der Waals surface area (Å²) in [5.41, 5.74) is 7.72. The molecule has 0 bridgehead atoms. The molecule has 0 aromatic heterocycles. The second kappa shape index (κ2) is 7.51. The lowest BCUT2D eigenvalue weighted by molar-refractivity contribution is 0.628. The molecule has 2 N–H and O–H groups in total. The third-order valence-electron chi connectivity index (χ3n) is 2.20. The average molecular weight is 233 g/mol. The zero-order chi connectivity index (χ0) is 13.4. The van der Waals surface area contributed by atoms with Crippen LogP contribution in [0.2, 0.25) is 0 Å². The Kier molecular flexibility index (Phi) is 6.74. The molecule has 0 aliphatic heterocycles. The summed E-state index contributed by atoms with van der Waals surface area (Å²) in [4.78, 5) is 0. The van der Waals surface area contributed by atoms with Gasteiger partial charge in [-0.1, -0.05) is 37.8 Å². The first-order valence-corrected chi connectivity index (χ1v) is 5.75. The summed E-state index contributed by atoms with van der Waals surface area (Å²) in [6.45, 7) is 9.59. The molecule has 0 aliphatic carbocycles. The van der Waals surface area contributed by atoms with Crippen LogP contribution in [-0.2, 0) is 0 Å². The van der Waals surface area contributed by atoms with Gasteiger partial charge in [0.2, 0.25) is 0 Å². The lowest BCUT2D eigenvalue weighted by Crippen LogP contribution is -1.96. The summed E-state index contributed by atoms with van der Waals surface area (Å²) >= 11 is 0. The topological polar surface area (TPSA) is 26.0 Å². The number of nitrogen functional groups attached to an aromatic ring is 1. The highest BCUT2D eigenvalue weighted by Gasteiger charge is 2.06. The van der Waals surface area contributed by atoms with E-state index in [0.29, 0.717) is 5.56 Å². The van der Waals surface area contributed by atoms with E-state index < -0.39 is 5.82 Å². The standard InChI is InChI=1S/C13H14FN.C2H6/c1-4-9(2)5-7-11-10(3)6-8-12(15)13(11)14;1-2/h4,6,8H,15H2,1-3H3;1-2H3/b9-4+;. The second-order valence-corrected chi connectivity index (χ2v) is 3.38. The molecule has 0 unspecified atom stereocenters. The minimum atomic E-state index is -0.425. The highest BCUT2D eigenvalue weighted by atomic mass is 19.1. The largest absolute Gasteiger partial charge is 0.396 e. The van der Waals surface area contributed by atoms with Crippen molar-refractivity contribution in [2.45, 2.75) is 34.6 Å². The summed E-state index contributed by atoms with van der Waals surface area (Å²) in [6, 6.07) is 3.33. The summed E-state index contributed by atoms with van der Waals surface area (Å²) in [6.07, 6.45) is 1.88. The number of allylic oxidation sites excluding steroid dienone is 2. The Morgan fingerprint density at radius 3 is 2.47 bits per heavy atom. The van der Waals surface area contributed by atoms with Gasteiger partial charge < -0.3 is 5.73 Å². The fourth-order valence-corrected chi connectivity index (χ4v) is 1.08. The van der Waals surface area contributed by atoms with Gasteiger partial charge in [-0.15, -0.1) is 0 Å². The first-order valence-electron chi connectivity index (χ1n) is 5.75. The van der Waals surface area contributed by atoms with Crippen LogP contribution in [0.5, 0.6) is 0 Å². The van der Waals surface area contributed by atoms with Crippen molar-refractivity contribution in [3.63, 3.8) is 0 Å².